The number of aromatic hydroxyl groups is 1. The van der Waals surface area contributed by atoms with Crippen molar-refractivity contribution in [1.82, 2.24) is 9.55 Å². The Labute approximate surface area is 170 Å². The van der Waals surface area contributed by atoms with Crippen LogP contribution in [0, 0.1) is 0 Å². The predicted octanol–water partition coefficient (Wildman–Crippen LogP) is 3.82. The second-order valence-corrected chi connectivity index (χ2v) is 7.18. The first-order valence-corrected chi connectivity index (χ1v) is 9.90. The highest BCUT2D eigenvalue weighted by molar-refractivity contribution is 7.99. The molecule has 0 fully saturated rings. The summed E-state index contributed by atoms with van der Waals surface area (Å²) in [6.07, 6.45) is 0. The number of aromatic nitrogens is 2. The molecule has 2 N–H and O–H groups in total. The average Bonchev–Trinajstić information content (AvgIpc) is 2.75. The molecule has 6 nitrogen and oxygen atoms in total. The van der Waals surface area contributed by atoms with Gasteiger partial charge in [-0.25, -0.2) is 4.98 Å². The van der Waals surface area contributed by atoms with Crippen LogP contribution >= 0.6 is 11.8 Å². The van der Waals surface area contributed by atoms with Crippen molar-refractivity contribution in [3.05, 3.63) is 89.2 Å². The Balaban J connectivity index is 1.67. The summed E-state index contributed by atoms with van der Waals surface area (Å²) in [6.45, 7) is 0. The third-order valence-electron chi connectivity index (χ3n) is 4.27. The Hall–Kier alpha value is -3.58. The lowest BCUT2D eigenvalue weighted by atomic mass is 10.2. The van der Waals surface area contributed by atoms with Gasteiger partial charge in [-0.05, 0) is 36.4 Å². The van der Waals surface area contributed by atoms with E-state index in [0.29, 0.717) is 27.4 Å². The standard InChI is InChI=1S/C22H17N3O3S/c26-19-13-7-6-12-18(19)23-20(27)14-29-22-24-17-11-5-4-10-16(17)21(28)25(22)15-8-2-1-3-9-15/h1-13,26H,14H2,(H,23,27). The maximum Gasteiger partial charge on any atom is 0.266 e. The van der Waals surface area contributed by atoms with E-state index in [2.05, 4.69) is 10.3 Å². The third-order valence-corrected chi connectivity index (χ3v) is 5.21. The lowest BCUT2D eigenvalue weighted by Crippen LogP contribution is -2.22. The fourth-order valence-corrected chi connectivity index (χ4v) is 3.72. The Bertz CT molecular complexity index is 1240. The third kappa shape index (κ3) is 4.00. The number of carbonyl (C=O) groups is 1. The van der Waals surface area contributed by atoms with Gasteiger partial charge in [-0.2, -0.15) is 0 Å². The molecule has 144 valence electrons. The zero-order valence-corrected chi connectivity index (χ0v) is 16.1. The molecule has 0 radical (unpaired) electrons. The van der Waals surface area contributed by atoms with Crippen LogP contribution in [0.3, 0.4) is 0 Å². The summed E-state index contributed by atoms with van der Waals surface area (Å²) in [7, 11) is 0. The lowest BCUT2D eigenvalue weighted by Gasteiger charge is -2.13. The topological polar surface area (TPSA) is 84.2 Å². The summed E-state index contributed by atoms with van der Waals surface area (Å²) in [5, 5.41) is 13.4. The molecule has 0 saturated carbocycles. The molecule has 0 aliphatic rings. The molecule has 1 aromatic heterocycles. The van der Waals surface area contributed by atoms with E-state index in [1.165, 1.54) is 10.6 Å². The van der Waals surface area contributed by atoms with Gasteiger partial charge in [-0.1, -0.05) is 54.2 Å². The van der Waals surface area contributed by atoms with Gasteiger partial charge in [0.05, 0.1) is 28.0 Å². The molecule has 29 heavy (non-hydrogen) atoms. The maximum absolute atomic E-state index is 13.1. The molecule has 0 saturated heterocycles. The normalized spacial score (nSPS) is 10.8. The number of nitrogens with one attached hydrogen (secondary N) is 1. The molecule has 1 heterocycles. The molecule has 0 unspecified atom stereocenters. The molecule has 0 bridgehead atoms. The minimum Gasteiger partial charge on any atom is -0.506 e. The van der Waals surface area contributed by atoms with Crippen molar-refractivity contribution >= 4 is 34.3 Å². The van der Waals surface area contributed by atoms with Crippen LogP contribution in [-0.4, -0.2) is 26.3 Å². The van der Waals surface area contributed by atoms with Gasteiger partial charge in [0.25, 0.3) is 5.56 Å². The second-order valence-electron chi connectivity index (χ2n) is 6.24. The second kappa shape index (κ2) is 8.20. The number of phenols is 1. The van der Waals surface area contributed by atoms with E-state index in [1.807, 2.05) is 36.4 Å². The van der Waals surface area contributed by atoms with Crippen LogP contribution in [-0.2, 0) is 4.79 Å². The van der Waals surface area contributed by atoms with Crippen molar-refractivity contribution in [2.75, 3.05) is 11.1 Å². The van der Waals surface area contributed by atoms with Crippen LogP contribution in [0.25, 0.3) is 16.6 Å². The Morgan fingerprint density at radius 3 is 2.45 bits per heavy atom. The summed E-state index contributed by atoms with van der Waals surface area (Å²) >= 11 is 1.16. The number of anilines is 1. The van der Waals surface area contributed by atoms with Crippen molar-refractivity contribution in [1.29, 1.82) is 0 Å². The largest absolute Gasteiger partial charge is 0.506 e. The van der Waals surface area contributed by atoms with Crippen LogP contribution in [0.15, 0.2) is 88.8 Å². The van der Waals surface area contributed by atoms with Crippen molar-refractivity contribution in [3.63, 3.8) is 0 Å². The van der Waals surface area contributed by atoms with Gasteiger partial charge < -0.3 is 10.4 Å². The number of amides is 1. The number of thioether (sulfide) groups is 1. The molecule has 0 atom stereocenters. The fraction of sp³-hybridized carbons (Fsp3) is 0.0455. The van der Waals surface area contributed by atoms with E-state index in [-0.39, 0.29) is 23.0 Å². The van der Waals surface area contributed by atoms with Crippen LogP contribution in [0.1, 0.15) is 0 Å². The van der Waals surface area contributed by atoms with Crippen LogP contribution in [0.4, 0.5) is 5.69 Å². The van der Waals surface area contributed by atoms with E-state index in [9.17, 15) is 14.7 Å². The van der Waals surface area contributed by atoms with Crippen molar-refractivity contribution < 1.29 is 9.90 Å². The highest BCUT2D eigenvalue weighted by Gasteiger charge is 2.15. The molecule has 7 heteroatoms. The quantitative estimate of drug-likeness (QED) is 0.301. The number of carbonyl (C=O) groups excluding carboxylic acids is 1. The number of hydrogen-bond acceptors (Lipinski definition) is 5. The van der Waals surface area contributed by atoms with Gasteiger partial charge in [-0.15, -0.1) is 0 Å². The summed E-state index contributed by atoms with van der Waals surface area (Å²) in [4.78, 5) is 30.1. The maximum atomic E-state index is 13.1. The predicted molar refractivity (Wildman–Crippen MR) is 115 cm³/mol. The summed E-state index contributed by atoms with van der Waals surface area (Å²) < 4.78 is 1.51. The summed E-state index contributed by atoms with van der Waals surface area (Å²) in [6, 6.07) is 22.9. The molecular weight excluding hydrogens is 386 g/mol. The van der Waals surface area contributed by atoms with Crippen LogP contribution in [0.2, 0.25) is 0 Å². The molecule has 4 rings (SSSR count). The molecular formula is C22H17N3O3S. The number of hydrogen-bond donors (Lipinski definition) is 2. The highest BCUT2D eigenvalue weighted by atomic mass is 32.2. The Kier molecular flexibility index (Phi) is 5.31. The minimum absolute atomic E-state index is 0.00382. The van der Waals surface area contributed by atoms with Crippen molar-refractivity contribution in [3.8, 4) is 11.4 Å². The van der Waals surface area contributed by atoms with Gasteiger partial charge in [0.2, 0.25) is 5.91 Å². The molecule has 4 aromatic rings. The molecule has 0 aliphatic heterocycles. The Morgan fingerprint density at radius 2 is 1.66 bits per heavy atom. The SMILES string of the molecule is O=C(CSc1nc2ccccc2c(=O)n1-c1ccccc1)Nc1ccccc1O. The van der Waals surface area contributed by atoms with E-state index in [0.717, 1.165) is 11.8 Å². The lowest BCUT2D eigenvalue weighted by molar-refractivity contribution is -0.113. The summed E-state index contributed by atoms with van der Waals surface area (Å²) in [5.41, 5.74) is 1.41. The van der Waals surface area contributed by atoms with E-state index >= 15 is 0 Å². The minimum atomic E-state index is -0.307. The van der Waals surface area contributed by atoms with Crippen LogP contribution < -0.4 is 10.9 Å². The van der Waals surface area contributed by atoms with Crippen molar-refractivity contribution in [2.45, 2.75) is 5.16 Å². The first-order chi connectivity index (χ1) is 14.1. The average molecular weight is 403 g/mol. The number of rotatable bonds is 5. The van der Waals surface area contributed by atoms with Crippen LogP contribution in [0.5, 0.6) is 5.75 Å². The monoisotopic (exact) mass is 403 g/mol. The summed E-state index contributed by atoms with van der Waals surface area (Å²) in [5.74, 6) is -0.277. The van der Waals surface area contributed by atoms with E-state index in [1.54, 1.807) is 36.4 Å². The van der Waals surface area contributed by atoms with E-state index in [4.69, 9.17) is 0 Å². The zero-order valence-electron chi connectivity index (χ0n) is 15.3. The van der Waals surface area contributed by atoms with Gasteiger partial charge in [0.1, 0.15) is 5.75 Å². The first kappa shape index (κ1) is 18.8. The number of para-hydroxylation sites is 4. The number of fused-ring (bicyclic) bond motifs is 1. The van der Waals surface area contributed by atoms with Gasteiger partial charge in [-0.3, -0.25) is 14.2 Å². The van der Waals surface area contributed by atoms with Gasteiger partial charge in [0, 0.05) is 0 Å². The van der Waals surface area contributed by atoms with Gasteiger partial charge >= 0.3 is 0 Å². The number of benzene rings is 3. The molecule has 1 amide bonds. The smallest absolute Gasteiger partial charge is 0.266 e. The zero-order chi connectivity index (χ0) is 20.2. The molecule has 0 spiro atoms. The van der Waals surface area contributed by atoms with Crippen molar-refractivity contribution in [2.24, 2.45) is 0 Å². The first-order valence-electron chi connectivity index (χ1n) is 8.91. The molecule has 3 aromatic carbocycles. The fourth-order valence-electron chi connectivity index (χ4n) is 2.91. The van der Waals surface area contributed by atoms with E-state index < -0.39 is 0 Å². The highest BCUT2D eigenvalue weighted by Crippen LogP contribution is 2.24. The Morgan fingerprint density at radius 1 is 0.966 bits per heavy atom. The number of phenolic OH excluding ortho intramolecular Hbond substituents is 1. The van der Waals surface area contributed by atoms with Gasteiger partial charge in [0.15, 0.2) is 5.16 Å². The molecule has 0 aliphatic carbocycles. The number of nitrogens with zero attached hydrogens (tertiary/aromatic N) is 2.